The van der Waals surface area contributed by atoms with E-state index in [9.17, 15) is 20.1 Å². The molecule has 0 aliphatic carbocycles. The average Bonchev–Trinajstić information content (AvgIpc) is 3.77. The van der Waals surface area contributed by atoms with Crippen molar-refractivity contribution in [3.63, 3.8) is 0 Å². The first-order chi connectivity index (χ1) is 21.4. The van der Waals surface area contributed by atoms with Crippen LogP contribution in [0.4, 0.5) is 0 Å². The van der Waals surface area contributed by atoms with Crippen molar-refractivity contribution >= 4 is 5.97 Å². The molecule has 3 heterocycles. The molecule has 0 bridgehead atoms. The predicted molar refractivity (Wildman–Crippen MR) is 175 cm³/mol. The van der Waals surface area contributed by atoms with Crippen LogP contribution >= 0.6 is 0 Å². The molecular formula is C37H66O7. The van der Waals surface area contributed by atoms with Gasteiger partial charge in [-0.1, -0.05) is 110 Å². The Morgan fingerprint density at radius 2 is 1.18 bits per heavy atom. The van der Waals surface area contributed by atoms with E-state index in [0.717, 1.165) is 82.6 Å². The summed E-state index contributed by atoms with van der Waals surface area (Å²) in [5.74, 6) is -0.141. The minimum atomic E-state index is -0.839. The number of hydrogen-bond donors (Lipinski definition) is 3. The summed E-state index contributed by atoms with van der Waals surface area (Å²) < 4.78 is 17.6. The van der Waals surface area contributed by atoms with Crippen LogP contribution in [0.5, 0.6) is 0 Å². The molecule has 256 valence electrons. The predicted octanol–water partition coefficient (Wildman–Crippen LogP) is 7.86. The summed E-state index contributed by atoms with van der Waals surface area (Å²) >= 11 is 0. The van der Waals surface area contributed by atoms with Crippen LogP contribution < -0.4 is 0 Å². The minimum absolute atomic E-state index is 0.0315. The van der Waals surface area contributed by atoms with Gasteiger partial charge in [0.05, 0.1) is 36.6 Å². The molecule has 0 saturated carbocycles. The minimum Gasteiger partial charge on any atom is -0.455 e. The van der Waals surface area contributed by atoms with Crippen molar-refractivity contribution in [1.82, 2.24) is 0 Å². The largest absolute Gasteiger partial charge is 0.455 e. The molecule has 3 aliphatic heterocycles. The number of rotatable bonds is 25. The van der Waals surface area contributed by atoms with Gasteiger partial charge >= 0.3 is 5.97 Å². The van der Waals surface area contributed by atoms with E-state index < -0.39 is 18.3 Å². The van der Waals surface area contributed by atoms with Gasteiger partial charge in [0.25, 0.3) is 0 Å². The van der Waals surface area contributed by atoms with Gasteiger partial charge in [0.15, 0.2) is 0 Å². The van der Waals surface area contributed by atoms with Crippen molar-refractivity contribution in [2.45, 2.75) is 217 Å². The number of ether oxygens (including phenoxy) is 3. The summed E-state index contributed by atoms with van der Waals surface area (Å²) in [5.41, 5.74) is 0.841. The Kier molecular flexibility index (Phi) is 18.5. The van der Waals surface area contributed by atoms with E-state index >= 15 is 0 Å². The Labute approximate surface area is 268 Å². The summed E-state index contributed by atoms with van der Waals surface area (Å²) in [5, 5.41) is 32.1. The van der Waals surface area contributed by atoms with Gasteiger partial charge in [-0.3, -0.25) is 0 Å². The molecule has 3 N–H and O–H groups in total. The van der Waals surface area contributed by atoms with E-state index in [1.165, 1.54) is 70.6 Å². The number of aliphatic hydroxyl groups is 3. The fourth-order valence-electron chi connectivity index (χ4n) is 7.27. The highest BCUT2D eigenvalue weighted by molar-refractivity contribution is 5.90. The fourth-order valence-corrected chi connectivity index (χ4v) is 7.27. The Bertz CT molecular complexity index is 801. The van der Waals surface area contributed by atoms with Crippen molar-refractivity contribution in [2.75, 3.05) is 0 Å². The molecule has 44 heavy (non-hydrogen) atoms. The second-order valence-corrected chi connectivity index (χ2v) is 14.0. The van der Waals surface area contributed by atoms with Crippen molar-refractivity contribution in [3.05, 3.63) is 11.6 Å². The molecule has 2 saturated heterocycles. The maximum Gasteiger partial charge on any atom is 0.334 e. The molecule has 0 unspecified atom stereocenters. The van der Waals surface area contributed by atoms with Gasteiger partial charge in [-0.15, -0.1) is 0 Å². The zero-order chi connectivity index (χ0) is 31.6. The standard InChI is InChI=1S/C37H66O7/c1-3-4-5-6-7-8-9-12-16-19-22-31(39)36(40)35-26-25-34(44-35)33-24-23-32(43-33)30(38)21-18-15-13-10-11-14-17-20-29-27-28(2)42-37(29)41/h27-28,30-36,38-40H,3-26H2,1-2H3/t28-,30+,31+,32+,33+,34+,35+,36+/m0/s1. The van der Waals surface area contributed by atoms with Crippen LogP contribution in [-0.2, 0) is 19.0 Å². The van der Waals surface area contributed by atoms with Gasteiger partial charge < -0.3 is 29.5 Å². The molecule has 7 nitrogen and oxygen atoms in total. The number of unbranched alkanes of at least 4 members (excludes halogenated alkanes) is 15. The number of carbonyl (C=O) groups excluding carboxylic acids is 1. The van der Waals surface area contributed by atoms with E-state index in [0.29, 0.717) is 6.42 Å². The second kappa shape index (κ2) is 21.7. The summed E-state index contributed by atoms with van der Waals surface area (Å²) in [6, 6.07) is 0. The number of cyclic esters (lactones) is 1. The van der Waals surface area contributed by atoms with Gasteiger partial charge in [0.1, 0.15) is 12.2 Å². The highest BCUT2D eigenvalue weighted by Crippen LogP contribution is 2.35. The molecule has 0 amide bonds. The zero-order valence-electron chi connectivity index (χ0n) is 28.1. The molecule has 0 spiro atoms. The van der Waals surface area contributed by atoms with Gasteiger partial charge in [-0.25, -0.2) is 4.79 Å². The van der Waals surface area contributed by atoms with E-state index in [1.807, 2.05) is 13.0 Å². The topological polar surface area (TPSA) is 105 Å². The maximum atomic E-state index is 11.7. The van der Waals surface area contributed by atoms with E-state index in [2.05, 4.69) is 6.92 Å². The van der Waals surface area contributed by atoms with E-state index in [-0.39, 0.29) is 36.5 Å². The van der Waals surface area contributed by atoms with Crippen LogP contribution in [0.2, 0.25) is 0 Å². The molecule has 7 heteroatoms. The summed E-state index contributed by atoms with van der Waals surface area (Å²) in [6.07, 6.45) is 25.3. The van der Waals surface area contributed by atoms with Crippen LogP contribution in [0.25, 0.3) is 0 Å². The normalized spacial score (nSPS) is 27.4. The van der Waals surface area contributed by atoms with Crippen molar-refractivity contribution in [2.24, 2.45) is 0 Å². The number of aliphatic hydroxyl groups excluding tert-OH is 3. The number of esters is 1. The summed E-state index contributed by atoms with van der Waals surface area (Å²) in [4.78, 5) is 11.7. The van der Waals surface area contributed by atoms with Crippen LogP contribution in [-0.4, -0.2) is 70.1 Å². The summed E-state index contributed by atoms with van der Waals surface area (Å²) in [6.45, 7) is 4.15. The smallest absolute Gasteiger partial charge is 0.334 e. The SMILES string of the molecule is CCCCCCCCCCCC[C@@H](O)[C@@H](O)[C@H]1CC[C@H]([C@H]2CC[C@H]([C@H](O)CCCCCCCCCC3=C[C@H](C)OC3=O)O2)O1. The van der Waals surface area contributed by atoms with Crippen molar-refractivity contribution < 1.29 is 34.3 Å². The van der Waals surface area contributed by atoms with Crippen LogP contribution in [0.15, 0.2) is 11.6 Å². The van der Waals surface area contributed by atoms with Crippen LogP contribution in [0, 0.1) is 0 Å². The zero-order valence-corrected chi connectivity index (χ0v) is 28.1. The van der Waals surface area contributed by atoms with E-state index in [4.69, 9.17) is 14.2 Å². The number of carbonyl (C=O) groups is 1. The first-order valence-corrected chi connectivity index (χ1v) is 18.7. The van der Waals surface area contributed by atoms with Gasteiger partial charge in [-0.05, 0) is 64.4 Å². The van der Waals surface area contributed by atoms with Crippen molar-refractivity contribution in [1.29, 1.82) is 0 Å². The molecule has 3 rings (SSSR count). The van der Waals surface area contributed by atoms with Gasteiger partial charge in [0, 0.05) is 5.57 Å². The lowest BCUT2D eigenvalue weighted by Gasteiger charge is -2.26. The second-order valence-electron chi connectivity index (χ2n) is 14.0. The fraction of sp³-hybridized carbons (Fsp3) is 0.919. The average molecular weight is 623 g/mol. The molecule has 3 aliphatic rings. The number of hydrogen-bond acceptors (Lipinski definition) is 7. The van der Waals surface area contributed by atoms with Crippen LogP contribution in [0.1, 0.15) is 168 Å². The third kappa shape index (κ3) is 13.8. The lowest BCUT2D eigenvalue weighted by molar-refractivity contribution is -0.139. The Hall–Kier alpha value is -0.990. The molecular weight excluding hydrogens is 556 g/mol. The first-order valence-electron chi connectivity index (χ1n) is 18.7. The van der Waals surface area contributed by atoms with E-state index in [1.54, 1.807) is 0 Å². The van der Waals surface area contributed by atoms with Crippen LogP contribution in [0.3, 0.4) is 0 Å². The molecule has 0 aromatic rings. The molecule has 2 fully saturated rings. The highest BCUT2D eigenvalue weighted by atomic mass is 16.6. The molecule has 0 aromatic heterocycles. The Balaban J connectivity index is 1.16. The van der Waals surface area contributed by atoms with Gasteiger partial charge in [0.2, 0.25) is 0 Å². The van der Waals surface area contributed by atoms with Gasteiger partial charge in [-0.2, -0.15) is 0 Å². The lowest BCUT2D eigenvalue weighted by Crippen LogP contribution is -2.39. The molecule has 0 aromatic carbocycles. The highest BCUT2D eigenvalue weighted by Gasteiger charge is 2.42. The lowest BCUT2D eigenvalue weighted by atomic mass is 9.98. The molecule has 8 atom stereocenters. The quantitative estimate of drug-likeness (QED) is 0.0703. The van der Waals surface area contributed by atoms with Crippen molar-refractivity contribution in [3.8, 4) is 0 Å². The monoisotopic (exact) mass is 622 g/mol. The Morgan fingerprint density at radius 3 is 1.75 bits per heavy atom. The maximum absolute atomic E-state index is 11.7. The third-order valence-electron chi connectivity index (χ3n) is 10.1. The summed E-state index contributed by atoms with van der Waals surface area (Å²) in [7, 11) is 0. The first kappa shape index (κ1) is 37.5. The Morgan fingerprint density at radius 1 is 0.682 bits per heavy atom. The molecule has 0 radical (unpaired) electrons. The third-order valence-corrected chi connectivity index (χ3v) is 10.1.